The van der Waals surface area contributed by atoms with E-state index in [9.17, 15) is 13.2 Å². The molecule has 3 nitrogen and oxygen atoms in total. The average Bonchev–Trinajstić information content (AvgIpc) is 2.42. The molecule has 7 heteroatoms. The van der Waals surface area contributed by atoms with Gasteiger partial charge in [0.1, 0.15) is 5.75 Å². The third-order valence-electron chi connectivity index (χ3n) is 2.61. The first-order valence-electron chi connectivity index (χ1n) is 5.65. The highest BCUT2D eigenvalue weighted by Gasteiger charge is 2.35. The van der Waals surface area contributed by atoms with E-state index >= 15 is 0 Å². The summed E-state index contributed by atoms with van der Waals surface area (Å²) in [4.78, 5) is 0. The Hall–Kier alpha value is -2.39. The van der Waals surface area contributed by atoms with Crippen LogP contribution >= 0.6 is 11.6 Å². The number of halogens is 4. The summed E-state index contributed by atoms with van der Waals surface area (Å²) in [7, 11) is 0. The minimum Gasteiger partial charge on any atom is -0.455 e. The Kier molecular flexibility index (Phi) is 3.96. The van der Waals surface area contributed by atoms with Gasteiger partial charge in [-0.1, -0.05) is 11.6 Å². The molecule has 0 unspecified atom stereocenters. The molecular formula is C14H8ClF3N2O. The number of hydrogen-bond donors (Lipinski definition) is 1. The minimum atomic E-state index is -4.66. The van der Waals surface area contributed by atoms with Crippen LogP contribution in [0.15, 0.2) is 36.4 Å². The highest BCUT2D eigenvalue weighted by Crippen LogP contribution is 2.40. The molecule has 0 atom stereocenters. The fraction of sp³-hybridized carbons (Fsp3) is 0.0714. The van der Waals surface area contributed by atoms with E-state index < -0.39 is 17.5 Å². The quantitative estimate of drug-likeness (QED) is 0.824. The molecule has 0 aromatic heterocycles. The van der Waals surface area contributed by atoms with Crippen LogP contribution in [-0.4, -0.2) is 0 Å². The molecule has 2 aromatic rings. The van der Waals surface area contributed by atoms with E-state index in [-0.39, 0.29) is 22.0 Å². The number of rotatable bonds is 2. The molecule has 0 amide bonds. The van der Waals surface area contributed by atoms with E-state index in [4.69, 9.17) is 27.3 Å². The van der Waals surface area contributed by atoms with Gasteiger partial charge in [0.05, 0.1) is 22.9 Å². The van der Waals surface area contributed by atoms with Crippen molar-refractivity contribution < 1.29 is 17.9 Å². The van der Waals surface area contributed by atoms with Crippen LogP contribution in [-0.2, 0) is 6.18 Å². The van der Waals surface area contributed by atoms with Crippen molar-refractivity contribution in [2.24, 2.45) is 0 Å². The molecule has 0 saturated heterocycles. The number of ether oxygens (including phenoxy) is 1. The molecule has 2 N–H and O–H groups in total. The van der Waals surface area contributed by atoms with Gasteiger partial charge in [-0.15, -0.1) is 0 Å². The summed E-state index contributed by atoms with van der Waals surface area (Å²) in [6, 6.07) is 8.90. The lowest BCUT2D eigenvalue weighted by molar-refractivity contribution is -0.138. The average molecular weight is 313 g/mol. The monoisotopic (exact) mass is 312 g/mol. The normalized spacial score (nSPS) is 11.0. The van der Waals surface area contributed by atoms with Crippen LogP contribution in [0.1, 0.15) is 11.1 Å². The highest BCUT2D eigenvalue weighted by molar-refractivity contribution is 6.30. The molecule has 0 radical (unpaired) electrons. The van der Waals surface area contributed by atoms with Gasteiger partial charge in [0.25, 0.3) is 0 Å². The van der Waals surface area contributed by atoms with Gasteiger partial charge >= 0.3 is 6.18 Å². The van der Waals surface area contributed by atoms with Gasteiger partial charge in [-0.25, -0.2) is 0 Å². The standard InChI is InChI=1S/C14H8ClF3N2O/c15-9-2-3-11(20)13(6-9)21-12-4-1-8(7-19)5-10(12)14(16,17)18/h1-6H,20H2. The molecule has 0 aliphatic heterocycles. The Morgan fingerprint density at radius 2 is 1.81 bits per heavy atom. The molecule has 0 heterocycles. The van der Waals surface area contributed by atoms with Gasteiger partial charge < -0.3 is 10.5 Å². The lowest BCUT2D eigenvalue weighted by Gasteiger charge is -2.15. The van der Waals surface area contributed by atoms with Crippen LogP contribution in [0, 0.1) is 11.3 Å². The Morgan fingerprint density at radius 1 is 1.10 bits per heavy atom. The Labute approximate surface area is 123 Å². The number of alkyl halides is 3. The van der Waals surface area contributed by atoms with E-state index in [1.807, 2.05) is 0 Å². The summed E-state index contributed by atoms with van der Waals surface area (Å²) in [6.45, 7) is 0. The van der Waals surface area contributed by atoms with Gasteiger partial charge in [0.15, 0.2) is 5.75 Å². The molecule has 21 heavy (non-hydrogen) atoms. The molecule has 2 aromatic carbocycles. The fourth-order valence-corrected chi connectivity index (χ4v) is 1.79. The number of nitrogens with two attached hydrogens (primary N) is 1. The number of benzene rings is 2. The first-order valence-corrected chi connectivity index (χ1v) is 6.03. The van der Waals surface area contributed by atoms with Crippen molar-refractivity contribution in [2.75, 3.05) is 5.73 Å². The van der Waals surface area contributed by atoms with Crippen molar-refractivity contribution in [3.63, 3.8) is 0 Å². The van der Waals surface area contributed by atoms with E-state index in [0.29, 0.717) is 0 Å². The number of nitriles is 1. The maximum absolute atomic E-state index is 13.0. The van der Waals surface area contributed by atoms with Crippen LogP contribution in [0.4, 0.5) is 18.9 Å². The SMILES string of the molecule is N#Cc1ccc(Oc2cc(Cl)ccc2N)c(C(F)(F)F)c1. The van der Waals surface area contributed by atoms with Crippen molar-refractivity contribution in [1.29, 1.82) is 5.26 Å². The molecule has 0 fully saturated rings. The Bertz CT molecular complexity index is 723. The predicted molar refractivity (Wildman–Crippen MR) is 72.1 cm³/mol. The van der Waals surface area contributed by atoms with Crippen LogP contribution < -0.4 is 10.5 Å². The fourth-order valence-electron chi connectivity index (χ4n) is 1.63. The van der Waals surface area contributed by atoms with Crippen molar-refractivity contribution >= 4 is 17.3 Å². The largest absolute Gasteiger partial charge is 0.455 e. The number of hydrogen-bond acceptors (Lipinski definition) is 3. The summed E-state index contributed by atoms with van der Waals surface area (Å²) in [5, 5.41) is 8.97. The van der Waals surface area contributed by atoms with E-state index in [2.05, 4.69) is 0 Å². The second-order valence-electron chi connectivity index (χ2n) is 4.10. The zero-order valence-electron chi connectivity index (χ0n) is 10.4. The summed E-state index contributed by atoms with van der Waals surface area (Å²) in [5.41, 5.74) is 4.61. The van der Waals surface area contributed by atoms with Crippen LogP contribution in [0.3, 0.4) is 0 Å². The zero-order valence-corrected chi connectivity index (χ0v) is 11.2. The van der Waals surface area contributed by atoms with Gasteiger partial charge in [0.2, 0.25) is 0 Å². The number of nitrogen functional groups attached to an aromatic ring is 1. The topological polar surface area (TPSA) is 59.0 Å². The number of anilines is 1. The maximum Gasteiger partial charge on any atom is 0.420 e. The van der Waals surface area contributed by atoms with Crippen molar-refractivity contribution in [3.8, 4) is 17.6 Å². The lowest BCUT2D eigenvalue weighted by atomic mass is 10.1. The molecular weight excluding hydrogens is 305 g/mol. The van der Waals surface area contributed by atoms with E-state index in [1.54, 1.807) is 6.07 Å². The summed E-state index contributed by atoms with van der Waals surface area (Å²) >= 11 is 5.76. The van der Waals surface area contributed by atoms with Crippen molar-refractivity contribution in [1.82, 2.24) is 0 Å². The summed E-state index contributed by atoms with van der Waals surface area (Å²) in [5.74, 6) is -0.437. The second kappa shape index (κ2) is 5.54. The first kappa shape index (κ1) is 15.0. The lowest BCUT2D eigenvalue weighted by Crippen LogP contribution is -2.08. The molecule has 0 spiro atoms. The predicted octanol–water partition coefficient (Wildman–Crippen LogP) is 4.60. The second-order valence-corrected chi connectivity index (χ2v) is 4.54. The van der Waals surface area contributed by atoms with Crippen LogP contribution in [0.25, 0.3) is 0 Å². The third-order valence-corrected chi connectivity index (χ3v) is 2.84. The first-order chi connectivity index (χ1) is 9.81. The van der Waals surface area contributed by atoms with E-state index in [0.717, 1.165) is 12.1 Å². The van der Waals surface area contributed by atoms with Gasteiger partial charge in [-0.2, -0.15) is 18.4 Å². The van der Waals surface area contributed by atoms with Crippen molar-refractivity contribution in [2.45, 2.75) is 6.18 Å². The molecule has 0 aliphatic carbocycles. The van der Waals surface area contributed by atoms with Gasteiger partial charge in [-0.05, 0) is 30.3 Å². The summed E-state index contributed by atoms with van der Waals surface area (Å²) < 4.78 is 44.2. The molecule has 0 saturated carbocycles. The summed E-state index contributed by atoms with van der Waals surface area (Å²) in [6.07, 6.45) is -4.66. The molecule has 2 rings (SSSR count). The Balaban J connectivity index is 2.49. The van der Waals surface area contributed by atoms with Gasteiger partial charge in [0, 0.05) is 11.1 Å². The number of nitrogens with zero attached hydrogens (tertiary/aromatic N) is 1. The molecule has 0 aliphatic rings. The van der Waals surface area contributed by atoms with Crippen molar-refractivity contribution in [3.05, 3.63) is 52.5 Å². The van der Waals surface area contributed by atoms with Crippen LogP contribution in [0.5, 0.6) is 11.5 Å². The highest BCUT2D eigenvalue weighted by atomic mass is 35.5. The Morgan fingerprint density at radius 3 is 2.43 bits per heavy atom. The minimum absolute atomic E-state index is 0.0118. The maximum atomic E-state index is 13.0. The van der Waals surface area contributed by atoms with Gasteiger partial charge in [-0.3, -0.25) is 0 Å². The molecule has 0 bridgehead atoms. The smallest absolute Gasteiger partial charge is 0.420 e. The zero-order chi connectivity index (χ0) is 15.6. The van der Waals surface area contributed by atoms with E-state index in [1.165, 1.54) is 24.3 Å². The third kappa shape index (κ3) is 3.38. The van der Waals surface area contributed by atoms with Crippen LogP contribution in [0.2, 0.25) is 5.02 Å². The molecule has 108 valence electrons.